The van der Waals surface area contributed by atoms with Gasteiger partial charge in [0.05, 0.1) is 10.1 Å². The minimum Gasteiger partial charge on any atom is -0.504 e. The molecule has 0 radical (unpaired) electrons. The number of aliphatic hydroxyl groups is 1. The SMILES string of the molecule is Oc1cc(F)c(Br)c(C2(O)CC2)c1O. The summed E-state index contributed by atoms with van der Waals surface area (Å²) in [5, 5.41) is 28.4. The van der Waals surface area contributed by atoms with E-state index in [2.05, 4.69) is 15.9 Å². The minimum absolute atomic E-state index is 0.00722. The van der Waals surface area contributed by atoms with Gasteiger partial charge in [0.2, 0.25) is 0 Å². The summed E-state index contributed by atoms with van der Waals surface area (Å²) in [5.74, 6) is -1.71. The fourth-order valence-corrected chi connectivity index (χ4v) is 2.07. The zero-order valence-electron chi connectivity index (χ0n) is 7.09. The molecular weight excluding hydrogens is 255 g/mol. The Hall–Kier alpha value is -0.810. The smallest absolute Gasteiger partial charge is 0.164 e. The second-order valence-electron chi connectivity index (χ2n) is 3.45. The Morgan fingerprint density at radius 3 is 2.43 bits per heavy atom. The van der Waals surface area contributed by atoms with E-state index >= 15 is 0 Å². The van der Waals surface area contributed by atoms with Gasteiger partial charge in [-0.25, -0.2) is 4.39 Å². The van der Waals surface area contributed by atoms with E-state index in [-0.39, 0.29) is 10.0 Å². The first-order valence-electron chi connectivity index (χ1n) is 4.08. The van der Waals surface area contributed by atoms with Gasteiger partial charge >= 0.3 is 0 Å². The highest BCUT2D eigenvalue weighted by atomic mass is 79.9. The standard InChI is InChI=1S/C9H8BrFO3/c10-7-4(11)3-5(12)8(13)6(7)9(14)1-2-9/h3,12-14H,1-2H2. The fourth-order valence-electron chi connectivity index (χ4n) is 1.40. The first kappa shape index (κ1) is 9.73. The topological polar surface area (TPSA) is 60.7 Å². The summed E-state index contributed by atoms with van der Waals surface area (Å²) in [6.07, 6.45) is 0.921. The molecule has 1 aromatic carbocycles. The molecule has 1 aliphatic rings. The molecule has 1 saturated carbocycles. The van der Waals surface area contributed by atoms with E-state index in [1.54, 1.807) is 0 Å². The van der Waals surface area contributed by atoms with Gasteiger partial charge in [-0.2, -0.15) is 0 Å². The molecule has 2 rings (SSSR count). The van der Waals surface area contributed by atoms with E-state index in [9.17, 15) is 19.7 Å². The highest BCUT2D eigenvalue weighted by Crippen LogP contribution is 2.53. The molecule has 5 heteroatoms. The lowest BCUT2D eigenvalue weighted by Crippen LogP contribution is -2.07. The van der Waals surface area contributed by atoms with Crippen LogP contribution in [0.25, 0.3) is 0 Å². The average molecular weight is 263 g/mol. The number of phenolic OH excluding ortho intramolecular Hbond substituents is 2. The molecule has 3 N–H and O–H groups in total. The lowest BCUT2D eigenvalue weighted by molar-refractivity contribution is 0.145. The summed E-state index contributed by atoms with van der Waals surface area (Å²) in [6.45, 7) is 0. The second-order valence-corrected chi connectivity index (χ2v) is 4.24. The Morgan fingerprint density at radius 2 is 1.93 bits per heavy atom. The van der Waals surface area contributed by atoms with Gasteiger partial charge in [0.1, 0.15) is 5.82 Å². The number of hydrogen-bond acceptors (Lipinski definition) is 3. The van der Waals surface area contributed by atoms with Crippen molar-refractivity contribution in [2.75, 3.05) is 0 Å². The fraction of sp³-hybridized carbons (Fsp3) is 0.333. The van der Waals surface area contributed by atoms with Crippen molar-refractivity contribution < 1.29 is 19.7 Å². The van der Waals surface area contributed by atoms with E-state index in [0.717, 1.165) is 6.07 Å². The lowest BCUT2D eigenvalue weighted by Gasteiger charge is -2.14. The van der Waals surface area contributed by atoms with Crippen molar-refractivity contribution in [3.8, 4) is 11.5 Å². The van der Waals surface area contributed by atoms with Crippen molar-refractivity contribution in [2.24, 2.45) is 0 Å². The molecule has 14 heavy (non-hydrogen) atoms. The van der Waals surface area contributed by atoms with Crippen molar-refractivity contribution in [1.29, 1.82) is 0 Å². The normalized spacial score (nSPS) is 18.2. The van der Waals surface area contributed by atoms with Gasteiger partial charge < -0.3 is 15.3 Å². The minimum atomic E-state index is -1.19. The van der Waals surface area contributed by atoms with Crippen LogP contribution in [0.5, 0.6) is 11.5 Å². The monoisotopic (exact) mass is 262 g/mol. The molecule has 0 bridgehead atoms. The number of hydrogen-bond donors (Lipinski definition) is 3. The van der Waals surface area contributed by atoms with Gasteiger partial charge in [0, 0.05) is 11.6 Å². The van der Waals surface area contributed by atoms with Crippen molar-refractivity contribution in [3.05, 3.63) is 21.9 Å². The number of halogens is 2. The molecular formula is C9H8BrFO3. The van der Waals surface area contributed by atoms with Crippen molar-refractivity contribution in [3.63, 3.8) is 0 Å². The zero-order chi connectivity index (χ0) is 10.5. The molecule has 1 fully saturated rings. The zero-order valence-corrected chi connectivity index (χ0v) is 8.68. The summed E-state index contributed by atoms with van der Waals surface area (Å²) in [7, 11) is 0. The van der Waals surface area contributed by atoms with Crippen LogP contribution in [0.2, 0.25) is 0 Å². The van der Waals surface area contributed by atoms with E-state index < -0.39 is 22.9 Å². The van der Waals surface area contributed by atoms with Crippen LogP contribution in [0, 0.1) is 5.82 Å². The summed E-state index contributed by atoms with van der Waals surface area (Å²) < 4.78 is 13.2. The van der Waals surface area contributed by atoms with E-state index in [1.165, 1.54) is 0 Å². The molecule has 0 amide bonds. The third-order valence-corrected chi connectivity index (χ3v) is 3.14. The Kier molecular flexibility index (Phi) is 1.97. The molecule has 0 heterocycles. The highest BCUT2D eigenvalue weighted by molar-refractivity contribution is 9.10. The number of aromatic hydroxyl groups is 2. The van der Waals surface area contributed by atoms with Gasteiger partial charge in [-0.1, -0.05) is 0 Å². The first-order chi connectivity index (χ1) is 6.46. The van der Waals surface area contributed by atoms with Crippen LogP contribution in [0.4, 0.5) is 4.39 Å². The quantitative estimate of drug-likeness (QED) is 0.679. The lowest BCUT2D eigenvalue weighted by atomic mass is 10.1. The van der Waals surface area contributed by atoms with E-state index in [0.29, 0.717) is 12.8 Å². The summed E-state index contributed by atoms with van der Waals surface area (Å²) in [5.41, 5.74) is -1.15. The van der Waals surface area contributed by atoms with Crippen LogP contribution in [0.1, 0.15) is 18.4 Å². The predicted octanol–water partition coefficient (Wildman–Crippen LogP) is 1.98. The van der Waals surface area contributed by atoms with Crippen molar-refractivity contribution in [2.45, 2.75) is 18.4 Å². The molecule has 1 aliphatic carbocycles. The second kappa shape index (κ2) is 2.84. The van der Waals surface area contributed by atoms with Crippen LogP contribution < -0.4 is 0 Å². The van der Waals surface area contributed by atoms with Gasteiger partial charge in [0.15, 0.2) is 11.5 Å². The van der Waals surface area contributed by atoms with Crippen LogP contribution in [-0.4, -0.2) is 15.3 Å². The van der Waals surface area contributed by atoms with E-state index in [1.807, 2.05) is 0 Å². The summed E-state index contributed by atoms with van der Waals surface area (Å²) in [4.78, 5) is 0. The Bertz CT molecular complexity index is 375. The molecule has 0 aliphatic heterocycles. The molecule has 0 saturated heterocycles. The van der Waals surface area contributed by atoms with Crippen molar-refractivity contribution >= 4 is 15.9 Å². The van der Waals surface area contributed by atoms with Crippen LogP contribution >= 0.6 is 15.9 Å². The summed E-state index contributed by atoms with van der Waals surface area (Å²) in [6, 6.07) is 0.800. The molecule has 3 nitrogen and oxygen atoms in total. The largest absolute Gasteiger partial charge is 0.504 e. The third-order valence-electron chi connectivity index (χ3n) is 2.36. The van der Waals surface area contributed by atoms with Crippen LogP contribution in [0.3, 0.4) is 0 Å². The average Bonchev–Trinajstić information content (AvgIpc) is 2.81. The predicted molar refractivity (Wildman–Crippen MR) is 50.6 cm³/mol. The van der Waals surface area contributed by atoms with Gasteiger partial charge in [-0.3, -0.25) is 0 Å². The number of phenols is 2. The molecule has 0 spiro atoms. The number of rotatable bonds is 1. The molecule has 0 atom stereocenters. The molecule has 1 aromatic rings. The van der Waals surface area contributed by atoms with Crippen LogP contribution in [-0.2, 0) is 5.60 Å². The maximum atomic E-state index is 13.1. The van der Waals surface area contributed by atoms with Crippen LogP contribution in [0.15, 0.2) is 10.5 Å². The van der Waals surface area contributed by atoms with E-state index in [4.69, 9.17) is 0 Å². The van der Waals surface area contributed by atoms with Gasteiger partial charge in [0.25, 0.3) is 0 Å². The molecule has 76 valence electrons. The maximum Gasteiger partial charge on any atom is 0.164 e. The third kappa shape index (κ3) is 1.27. The molecule has 0 unspecified atom stereocenters. The molecule has 0 aromatic heterocycles. The van der Waals surface area contributed by atoms with Crippen molar-refractivity contribution in [1.82, 2.24) is 0 Å². The first-order valence-corrected chi connectivity index (χ1v) is 4.88. The Balaban J connectivity index is 2.68. The Morgan fingerprint density at radius 1 is 1.36 bits per heavy atom. The Labute approximate surface area is 87.9 Å². The van der Waals surface area contributed by atoms with Gasteiger partial charge in [-0.15, -0.1) is 0 Å². The van der Waals surface area contributed by atoms with Gasteiger partial charge in [-0.05, 0) is 28.8 Å². The summed E-state index contributed by atoms with van der Waals surface area (Å²) >= 11 is 2.93. The maximum absolute atomic E-state index is 13.1. The highest BCUT2D eigenvalue weighted by Gasteiger charge is 2.46. The number of benzene rings is 1.